The number of hydrogen-bond acceptors (Lipinski definition) is 8. The molecule has 10 nitrogen and oxygen atoms in total. The number of nitro groups is 2. The van der Waals surface area contributed by atoms with Gasteiger partial charge in [-0.15, -0.1) is 0 Å². The minimum absolute atomic E-state index is 0.0459. The summed E-state index contributed by atoms with van der Waals surface area (Å²) in [5, 5.41) is 26.0. The van der Waals surface area contributed by atoms with E-state index >= 15 is 0 Å². The van der Waals surface area contributed by atoms with Crippen molar-refractivity contribution >= 4 is 28.7 Å². The molecule has 0 aromatic heterocycles. The zero-order chi connectivity index (χ0) is 20.8. The second-order valence-electron chi connectivity index (χ2n) is 6.74. The molecule has 10 heteroatoms. The predicted molar refractivity (Wildman–Crippen MR) is 101 cm³/mol. The number of rotatable bonds is 9. The van der Waals surface area contributed by atoms with Gasteiger partial charge in [-0.05, 0) is 38.7 Å². The number of carbonyl (C=O) groups is 1. The Morgan fingerprint density at radius 1 is 1.30 bits per heavy atom. The fourth-order valence-electron chi connectivity index (χ4n) is 2.39. The van der Waals surface area contributed by atoms with Crippen molar-refractivity contribution in [2.24, 2.45) is 16.4 Å². The number of anilines is 1. The van der Waals surface area contributed by atoms with Crippen LogP contribution < -0.4 is 5.43 Å². The highest BCUT2D eigenvalue weighted by atomic mass is 16.6. The highest BCUT2D eigenvalue weighted by molar-refractivity contribution is 5.84. The molecule has 148 valence electrons. The fourth-order valence-corrected chi connectivity index (χ4v) is 2.39. The zero-order valence-electron chi connectivity index (χ0n) is 16.0. The Bertz CT molecular complexity index is 762. The molecular formula is C17H24N4O6. The van der Waals surface area contributed by atoms with Gasteiger partial charge in [0.2, 0.25) is 0 Å². The molecule has 0 spiro atoms. The maximum Gasteiger partial charge on any atom is 0.311 e. The Balaban J connectivity index is 2.92. The van der Waals surface area contributed by atoms with Crippen LogP contribution in [0.2, 0.25) is 0 Å². The van der Waals surface area contributed by atoms with Gasteiger partial charge in [0.15, 0.2) is 0 Å². The summed E-state index contributed by atoms with van der Waals surface area (Å²) in [4.78, 5) is 32.5. The molecule has 0 saturated heterocycles. The molecule has 1 aromatic rings. The minimum atomic E-state index is -0.715. The monoisotopic (exact) mass is 380 g/mol. The second kappa shape index (κ2) is 9.06. The molecule has 0 unspecified atom stereocenters. The topological polar surface area (TPSA) is 137 Å². The van der Waals surface area contributed by atoms with Crippen LogP contribution in [0.3, 0.4) is 0 Å². The maximum absolute atomic E-state index is 12.1. The molecule has 0 amide bonds. The van der Waals surface area contributed by atoms with Crippen LogP contribution in [0.4, 0.5) is 17.1 Å². The maximum atomic E-state index is 12.1. The summed E-state index contributed by atoms with van der Waals surface area (Å²) in [7, 11) is 1.35. The number of nitrogens with one attached hydrogen (secondary N) is 1. The van der Waals surface area contributed by atoms with Crippen molar-refractivity contribution in [2.45, 2.75) is 40.5 Å². The molecule has 0 aliphatic rings. The van der Waals surface area contributed by atoms with E-state index in [1.807, 2.05) is 20.8 Å². The standard InChI is InChI=1S/C17H24N4O6/c1-11(2)17(4,16(22)27-5)9-8-12(3)18-19-14-7-6-13(20(23)24)10-15(14)21(25)26/h6-7,10-11,19H,8-9H2,1-5H3/b18-12+/t17-/m0/s1. The summed E-state index contributed by atoms with van der Waals surface area (Å²) in [6.07, 6.45) is 0.967. The summed E-state index contributed by atoms with van der Waals surface area (Å²) in [5.74, 6) is -0.245. The van der Waals surface area contributed by atoms with Crippen LogP contribution in [-0.2, 0) is 9.53 Å². The average molecular weight is 380 g/mol. The summed E-state index contributed by atoms with van der Waals surface area (Å²) >= 11 is 0. The normalized spacial score (nSPS) is 13.8. The van der Waals surface area contributed by atoms with Gasteiger partial charge in [-0.1, -0.05) is 13.8 Å². The zero-order valence-corrected chi connectivity index (χ0v) is 16.0. The van der Waals surface area contributed by atoms with Crippen LogP contribution in [0.15, 0.2) is 23.3 Å². The first-order chi connectivity index (χ1) is 12.5. The summed E-state index contributed by atoms with van der Waals surface area (Å²) in [6.45, 7) is 7.41. The smallest absolute Gasteiger partial charge is 0.311 e. The van der Waals surface area contributed by atoms with Crippen molar-refractivity contribution in [3.63, 3.8) is 0 Å². The fraction of sp³-hybridized carbons (Fsp3) is 0.529. The number of nitrogens with zero attached hydrogens (tertiary/aromatic N) is 3. The lowest BCUT2D eigenvalue weighted by Gasteiger charge is -2.30. The SMILES string of the molecule is COC(=O)[C@@](C)(CC/C(C)=N/Nc1ccc([N+](=O)[O-])cc1[N+](=O)[O-])C(C)C. The molecule has 0 heterocycles. The van der Waals surface area contributed by atoms with Crippen LogP contribution >= 0.6 is 0 Å². The Morgan fingerprint density at radius 3 is 2.41 bits per heavy atom. The lowest BCUT2D eigenvalue weighted by atomic mass is 9.75. The molecule has 0 saturated carbocycles. The summed E-state index contributed by atoms with van der Waals surface area (Å²) in [5.41, 5.74) is 1.75. The van der Waals surface area contributed by atoms with Gasteiger partial charge in [-0.2, -0.15) is 5.10 Å². The second-order valence-corrected chi connectivity index (χ2v) is 6.74. The van der Waals surface area contributed by atoms with Crippen molar-refractivity contribution in [3.05, 3.63) is 38.4 Å². The van der Waals surface area contributed by atoms with E-state index in [1.54, 1.807) is 6.92 Å². The highest BCUT2D eigenvalue weighted by Crippen LogP contribution is 2.34. The number of esters is 1. The molecule has 0 bridgehead atoms. The van der Waals surface area contributed by atoms with E-state index in [0.717, 1.165) is 12.1 Å². The van der Waals surface area contributed by atoms with Gasteiger partial charge in [-0.25, -0.2) is 0 Å². The van der Waals surface area contributed by atoms with Crippen molar-refractivity contribution < 1.29 is 19.4 Å². The average Bonchev–Trinajstić information content (AvgIpc) is 2.62. The number of non-ortho nitro benzene ring substituents is 1. The van der Waals surface area contributed by atoms with Crippen molar-refractivity contribution in [1.29, 1.82) is 0 Å². The first-order valence-electron chi connectivity index (χ1n) is 8.33. The largest absolute Gasteiger partial charge is 0.469 e. The van der Waals surface area contributed by atoms with E-state index in [9.17, 15) is 25.0 Å². The number of nitro benzene ring substituents is 2. The van der Waals surface area contributed by atoms with Gasteiger partial charge in [0.25, 0.3) is 5.69 Å². The van der Waals surface area contributed by atoms with Crippen LogP contribution in [0, 0.1) is 31.6 Å². The minimum Gasteiger partial charge on any atom is -0.469 e. The number of methoxy groups -OCH3 is 1. The summed E-state index contributed by atoms with van der Waals surface area (Å²) in [6, 6.07) is 3.27. The van der Waals surface area contributed by atoms with Gasteiger partial charge in [0.05, 0.1) is 28.4 Å². The molecule has 1 aromatic carbocycles. The Hall–Kier alpha value is -3.04. The third-order valence-electron chi connectivity index (χ3n) is 4.69. The Morgan fingerprint density at radius 2 is 1.93 bits per heavy atom. The molecule has 27 heavy (non-hydrogen) atoms. The molecule has 1 rings (SSSR count). The quantitative estimate of drug-likeness (QED) is 0.297. The molecule has 0 fully saturated rings. The van der Waals surface area contributed by atoms with E-state index < -0.39 is 20.9 Å². The van der Waals surface area contributed by atoms with Gasteiger partial charge < -0.3 is 4.74 Å². The Kier molecular flexibility index (Phi) is 7.38. The number of carbonyl (C=O) groups excluding carboxylic acids is 1. The van der Waals surface area contributed by atoms with Crippen LogP contribution in [0.25, 0.3) is 0 Å². The van der Waals surface area contributed by atoms with E-state index in [0.29, 0.717) is 18.6 Å². The van der Waals surface area contributed by atoms with E-state index in [-0.39, 0.29) is 23.3 Å². The molecule has 1 atom stereocenters. The van der Waals surface area contributed by atoms with Gasteiger partial charge in [0, 0.05) is 11.8 Å². The molecule has 1 N–H and O–H groups in total. The number of ether oxygens (including phenoxy) is 1. The van der Waals surface area contributed by atoms with E-state index in [4.69, 9.17) is 4.74 Å². The highest BCUT2D eigenvalue weighted by Gasteiger charge is 2.37. The van der Waals surface area contributed by atoms with Crippen LogP contribution in [0.1, 0.15) is 40.5 Å². The summed E-state index contributed by atoms with van der Waals surface area (Å²) < 4.78 is 4.89. The number of hydrazone groups is 1. The lowest BCUT2D eigenvalue weighted by molar-refractivity contribution is -0.393. The van der Waals surface area contributed by atoms with Crippen LogP contribution in [-0.4, -0.2) is 28.6 Å². The van der Waals surface area contributed by atoms with E-state index in [1.165, 1.54) is 13.2 Å². The first kappa shape index (κ1) is 22.0. The van der Waals surface area contributed by atoms with Crippen molar-refractivity contribution in [2.75, 3.05) is 12.5 Å². The van der Waals surface area contributed by atoms with Crippen molar-refractivity contribution in [1.82, 2.24) is 0 Å². The van der Waals surface area contributed by atoms with Gasteiger partial charge in [0.1, 0.15) is 5.69 Å². The predicted octanol–water partition coefficient (Wildman–Crippen LogP) is 3.91. The third-order valence-corrected chi connectivity index (χ3v) is 4.69. The van der Waals surface area contributed by atoms with Crippen molar-refractivity contribution in [3.8, 4) is 0 Å². The van der Waals surface area contributed by atoms with Gasteiger partial charge >= 0.3 is 11.7 Å². The molecular weight excluding hydrogens is 356 g/mol. The molecule has 0 aliphatic carbocycles. The number of benzene rings is 1. The first-order valence-corrected chi connectivity index (χ1v) is 8.33. The molecule has 0 radical (unpaired) electrons. The van der Waals surface area contributed by atoms with Gasteiger partial charge in [-0.3, -0.25) is 30.4 Å². The van der Waals surface area contributed by atoms with E-state index in [2.05, 4.69) is 10.5 Å². The Labute approximate surface area is 156 Å². The number of hydrogen-bond donors (Lipinski definition) is 1. The lowest BCUT2D eigenvalue weighted by Crippen LogP contribution is -2.34. The third kappa shape index (κ3) is 5.47. The van der Waals surface area contributed by atoms with Crippen LogP contribution in [0.5, 0.6) is 0 Å². The molecule has 0 aliphatic heterocycles.